The fourth-order valence-electron chi connectivity index (χ4n) is 8.85. The van der Waals surface area contributed by atoms with E-state index >= 15 is 0 Å². The van der Waals surface area contributed by atoms with Gasteiger partial charge in [0.15, 0.2) is 0 Å². The van der Waals surface area contributed by atoms with E-state index < -0.39 is 0 Å². The first-order valence-corrected chi connectivity index (χ1v) is 22.2. The zero-order valence-electron chi connectivity index (χ0n) is 34.6. The van der Waals surface area contributed by atoms with E-state index in [1.165, 1.54) is 53.6 Å². The SMILES string of the molecule is c1ccc(-c2cccc(N(c3cccc(-c4ccccc4)c3)c3ccccc3-c3cccc(N(c4cccc(-c5ccccc5)c4)c4cccc5c4sc4ccccc45)c3)c2)cc1. The molecule has 0 unspecified atom stereocenters. The van der Waals surface area contributed by atoms with Crippen molar-refractivity contribution in [1.29, 1.82) is 0 Å². The van der Waals surface area contributed by atoms with E-state index in [2.05, 4.69) is 265 Å². The van der Waals surface area contributed by atoms with Crippen LogP contribution < -0.4 is 9.80 Å². The number of rotatable bonds is 10. The molecule has 0 radical (unpaired) electrons. The van der Waals surface area contributed by atoms with E-state index in [1.807, 2.05) is 11.3 Å². The molecule has 1 heterocycles. The van der Waals surface area contributed by atoms with Crippen molar-refractivity contribution in [2.45, 2.75) is 0 Å². The van der Waals surface area contributed by atoms with Crippen molar-refractivity contribution >= 4 is 65.6 Å². The second kappa shape index (κ2) is 16.8. The molecule has 11 aromatic rings. The summed E-state index contributed by atoms with van der Waals surface area (Å²) in [6.45, 7) is 0. The zero-order chi connectivity index (χ0) is 42.0. The van der Waals surface area contributed by atoms with Crippen molar-refractivity contribution < 1.29 is 0 Å². The first-order chi connectivity index (χ1) is 31.2. The van der Waals surface area contributed by atoms with Crippen LogP contribution in [0.2, 0.25) is 0 Å². The summed E-state index contributed by atoms with van der Waals surface area (Å²) in [5.41, 5.74) is 15.9. The molecule has 0 aliphatic rings. The van der Waals surface area contributed by atoms with Crippen LogP contribution in [0, 0.1) is 0 Å². The lowest BCUT2D eigenvalue weighted by Crippen LogP contribution is -2.12. The molecule has 0 spiro atoms. The van der Waals surface area contributed by atoms with E-state index in [4.69, 9.17) is 0 Å². The Morgan fingerprint density at radius 1 is 0.254 bits per heavy atom. The summed E-state index contributed by atoms with van der Waals surface area (Å²) in [7, 11) is 0. The third-order valence-corrected chi connectivity index (χ3v) is 13.0. The Balaban J connectivity index is 1.10. The summed E-state index contributed by atoms with van der Waals surface area (Å²) >= 11 is 1.86. The van der Waals surface area contributed by atoms with Gasteiger partial charge in [-0.05, 0) is 106 Å². The molecule has 298 valence electrons. The lowest BCUT2D eigenvalue weighted by Gasteiger charge is -2.30. The Morgan fingerprint density at radius 2 is 0.619 bits per heavy atom. The Morgan fingerprint density at radius 3 is 1.16 bits per heavy atom. The van der Waals surface area contributed by atoms with Crippen LogP contribution in [0.3, 0.4) is 0 Å². The van der Waals surface area contributed by atoms with Gasteiger partial charge in [-0.25, -0.2) is 0 Å². The van der Waals surface area contributed by atoms with Gasteiger partial charge in [-0.3, -0.25) is 0 Å². The van der Waals surface area contributed by atoms with Gasteiger partial charge in [0.05, 0.1) is 16.1 Å². The highest BCUT2D eigenvalue weighted by Gasteiger charge is 2.22. The monoisotopic (exact) mass is 822 g/mol. The minimum atomic E-state index is 1.08. The molecule has 0 N–H and O–H groups in total. The third kappa shape index (κ3) is 7.46. The van der Waals surface area contributed by atoms with Gasteiger partial charge in [0.2, 0.25) is 0 Å². The number of fused-ring (bicyclic) bond motifs is 3. The van der Waals surface area contributed by atoms with Crippen LogP contribution in [0.15, 0.2) is 255 Å². The quantitative estimate of drug-likeness (QED) is 0.136. The summed E-state index contributed by atoms with van der Waals surface area (Å²) in [5, 5.41) is 2.55. The van der Waals surface area contributed by atoms with Crippen molar-refractivity contribution in [1.82, 2.24) is 0 Å². The first-order valence-electron chi connectivity index (χ1n) is 21.4. The Labute approximate surface area is 372 Å². The number of nitrogens with zero attached hydrogens (tertiary/aromatic N) is 2. The molecule has 0 aliphatic carbocycles. The summed E-state index contributed by atoms with van der Waals surface area (Å²) in [6.07, 6.45) is 0. The number of hydrogen-bond donors (Lipinski definition) is 0. The molecule has 0 saturated carbocycles. The van der Waals surface area contributed by atoms with Crippen LogP contribution in [0.5, 0.6) is 0 Å². The number of anilines is 6. The number of thiophene rings is 1. The van der Waals surface area contributed by atoms with Gasteiger partial charge in [0.1, 0.15) is 0 Å². The average molecular weight is 823 g/mol. The molecule has 0 aliphatic heterocycles. The second-order valence-corrected chi connectivity index (χ2v) is 16.8. The van der Waals surface area contributed by atoms with Crippen molar-refractivity contribution in [2.24, 2.45) is 0 Å². The predicted octanol–water partition coefficient (Wildman–Crippen LogP) is 17.7. The van der Waals surface area contributed by atoms with Gasteiger partial charge in [0.25, 0.3) is 0 Å². The van der Waals surface area contributed by atoms with E-state index in [1.54, 1.807) is 0 Å². The molecule has 0 fully saturated rings. The maximum atomic E-state index is 2.45. The van der Waals surface area contributed by atoms with Crippen molar-refractivity contribution in [2.75, 3.05) is 9.80 Å². The molecule has 2 nitrogen and oxygen atoms in total. The van der Waals surface area contributed by atoms with Crippen molar-refractivity contribution in [3.63, 3.8) is 0 Å². The molecule has 1 aromatic heterocycles. The van der Waals surface area contributed by atoms with E-state index in [9.17, 15) is 0 Å². The normalized spacial score (nSPS) is 11.2. The second-order valence-electron chi connectivity index (χ2n) is 15.7. The zero-order valence-corrected chi connectivity index (χ0v) is 35.4. The molecule has 3 heteroatoms. The fraction of sp³-hybridized carbons (Fsp3) is 0. The van der Waals surface area contributed by atoms with Gasteiger partial charge in [-0.1, -0.05) is 188 Å². The molecular formula is C60H42N2S. The van der Waals surface area contributed by atoms with Crippen LogP contribution in [-0.4, -0.2) is 0 Å². The number of benzene rings is 10. The van der Waals surface area contributed by atoms with Crippen LogP contribution >= 0.6 is 11.3 Å². The van der Waals surface area contributed by atoms with Crippen LogP contribution in [0.4, 0.5) is 34.1 Å². The van der Waals surface area contributed by atoms with Gasteiger partial charge < -0.3 is 9.80 Å². The third-order valence-electron chi connectivity index (χ3n) is 11.8. The topological polar surface area (TPSA) is 6.48 Å². The maximum absolute atomic E-state index is 2.45. The molecule has 0 atom stereocenters. The standard InChI is InChI=1S/C60H42N2S/c1-4-19-43(20-5-1)46-25-14-29-50(39-46)61(51-30-15-26-47(40-51)44-21-6-2-7-22-44)57-36-12-10-33-54(57)49-28-17-32-53(42-49)62(52-31-16-27-48(41-52)45-23-8-3-9-24-45)58-37-18-35-56-55-34-11-13-38-59(55)63-60(56)58/h1-42H. The lowest BCUT2D eigenvalue weighted by molar-refractivity contribution is 1.28. The first kappa shape index (κ1) is 38.0. The van der Waals surface area contributed by atoms with Crippen LogP contribution in [0.1, 0.15) is 0 Å². The summed E-state index contributed by atoms with van der Waals surface area (Å²) in [5.74, 6) is 0. The van der Waals surface area contributed by atoms with Crippen molar-refractivity contribution in [3.05, 3.63) is 255 Å². The number of hydrogen-bond acceptors (Lipinski definition) is 3. The lowest BCUT2D eigenvalue weighted by atomic mass is 9.98. The Kier molecular flexibility index (Phi) is 10.1. The minimum Gasteiger partial charge on any atom is -0.310 e. The van der Waals surface area contributed by atoms with E-state index in [-0.39, 0.29) is 0 Å². The maximum Gasteiger partial charge on any atom is 0.0640 e. The van der Waals surface area contributed by atoms with Crippen LogP contribution in [0.25, 0.3) is 64.7 Å². The molecular weight excluding hydrogens is 781 g/mol. The Bertz CT molecular complexity index is 3270. The Hall–Kier alpha value is -7.98. The summed E-state index contributed by atoms with van der Waals surface area (Å²) in [4.78, 5) is 4.86. The average Bonchev–Trinajstić information content (AvgIpc) is 3.75. The molecule has 0 saturated heterocycles. The van der Waals surface area contributed by atoms with Gasteiger partial charge in [-0.15, -0.1) is 11.3 Å². The van der Waals surface area contributed by atoms with Crippen LogP contribution in [-0.2, 0) is 0 Å². The predicted molar refractivity (Wildman–Crippen MR) is 270 cm³/mol. The van der Waals surface area contributed by atoms with Crippen molar-refractivity contribution in [3.8, 4) is 44.5 Å². The van der Waals surface area contributed by atoms with Gasteiger partial charge in [0, 0.05) is 43.8 Å². The van der Waals surface area contributed by atoms with E-state index in [0.717, 1.165) is 45.3 Å². The van der Waals surface area contributed by atoms with Gasteiger partial charge >= 0.3 is 0 Å². The molecule has 10 aromatic carbocycles. The summed E-state index contributed by atoms with van der Waals surface area (Å²) in [6, 6.07) is 92.1. The molecule has 11 rings (SSSR count). The highest BCUT2D eigenvalue weighted by atomic mass is 32.1. The molecule has 63 heavy (non-hydrogen) atoms. The minimum absolute atomic E-state index is 1.08. The highest BCUT2D eigenvalue weighted by Crippen LogP contribution is 2.47. The highest BCUT2D eigenvalue weighted by molar-refractivity contribution is 7.26. The van der Waals surface area contributed by atoms with Gasteiger partial charge in [-0.2, -0.15) is 0 Å². The summed E-state index contributed by atoms with van der Waals surface area (Å²) < 4.78 is 2.55. The van der Waals surface area contributed by atoms with E-state index in [0.29, 0.717) is 0 Å². The number of para-hydroxylation sites is 1. The fourth-order valence-corrected chi connectivity index (χ4v) is 10.1. The largest absolute Gasteiger partial charge is 0.310 e. The smallest absolute Gasteiger partial charge is 0.0640 e. The molecule has 0 amide bonds. The molecule has 0 bridgehead atoms.